The third kappa shape index (κ3) is 14.5. The van der Waals surface area contributed by atoms with Crippen molar-refractivity contribution in [3.63, 3.8) is 0 Å². The normalized spacial score (nSPS) is 19.9. The van der Waals surface area contributed by atoms with Crippen LogP contribution in [0.4, 0.5) is 0 Å². The number of unbranched alkanes of at least 4 members (excludes halogenated alkanes) is 10. The molecule has 5 rings (SSSR count). The van der Waals surface area contributed by atoms with Crippen LogP contribution in [0.3, 0.4) is 0 Å². The van der Waals surface area contributed by atoms with Crippen LogP contribution in [0.25, 0.3) is 21.5 Å². The molecule has 0 unspecified atom stereocenters. The second kappa shape index (κ2) is 22.8. The summed E-state index contributed by atoms with van der Waals surface area (Å²) >= 11 is 0. The number of rotatable bonds is 23. The molecular formula is C50H71NO7Si. The largest absolute Gasteiger partial charge is 0.457 e. The van der Waals surface area contributed by atoms with Crippen LogP contribution in [0.5, 0.6) is 0 Å². The molecule has 5 atom stereocenters. The summed E-state index contributed by atoms with van der Waals surface area (Å²) in [6.07, 6.45) is 9.79. The molecule has 0 radical (unpaired) electrons. The second-order valence-electron chi connectivity index (χ2n) is 18.3. The smallest absolute Gasteiger partial charge is 0.306 e. The first-order valence-corrected chi connectivity index (χ1v) is 25.3. The quantitative estimate of drug-likeness (QED) is 0.0388. The molecule has 4 aromatic rings. The van der Waals surface area contributed by atoms with E-state index in [1.165, 1.54) is 32.7 Å². The lowest BCUT2D eigenvalue weighted by Crippen LogP contribution is -2.65. The molecule has 9 heteroatoms. The van der Waals surface area contributed by atoms with Crippen molar-refractivity contribution < 1.29 is 33.7 Å². The van der Waals surface area contributed by atoms with Gasteiger partial charge in [-0.15, -0.1) is 0 Å². The fourth-order valence-corrected chi connectivity index (χ4v) is 8.77. The highest BCUT2D eigenvalue weighted by Gasteiger charge is 2.49. The van der Waals surface area contributed by atoms with Gasteiger partial charge in [-0.2, -0.15) is 0 Å². The van der Waals surface area contributed by atoms with Gasteiger partial charge in [0.2, 0.25) is 5.91 Å². The van der Waals surface area contributed by atoms with Crippen molar-refractivity contribution in [3.05, 3.63) is 96.1 Å². The second-order valence-corrected chi connectivity index (χ2v) is 23.1. The minimum Gasteiger partial charge on any atom is -0.457 e. The van der Waals surface area contributed by atoms with E-state index in [9.17, 15) is 19.8 Å². The van der Waals surface area contributed by atoms with Crippen LogP contribution < -0.4 is 5.32 Å². The fourth-order valence-electron chi connectivity index (χ4n) is 7.76. The van der Waals surface area contributed by atoms with Gasteiger partial charge in [0.15, 0.2) is 20.7 Å². The van der Waals surface area contributed by atoms with Gasteiger partial charge in [-0.05, 0) is 89.3 Å². The molecular weight excluding hydrogens is 755 g/mol. The van der Waals surface area contributed by atoms with Gasteiger partial charge in [-0.25, -0.2) is 0 Å². The zero-order valence-corrected chi connectivity index (χ0v) is 37.4. The highest BCUT2D eigenvalue weighted by molar-refractivity contribution is 6.74. The van der Waals surface area contributed by atoms with Crippen molar-refractivity contribution in [1.82, 2.24) is 5.32 Å². The van der Waals surface area contributed by atoms with E-state index >= 15 is 0 Å². The van der Waals surface area contributed by atoms with E-state index in [1.54, 1.807) is 0 Å². The molecule has 0 spiro atoms. The molecule has 0 aromatic heterocycles. The minimum absolute atomic E-state index is 0.0482. The number of ether oxygens (including phenoxy) is 2. The Morgan fingerprint density at radius 2 is 1.14 bits per heavy atom. The third-order valence-electron chi connectivity index (χ3n) is 12.5. The standard InChI is InChI=1S/C50H71NO7Si/c1-50(2,3)59(4,5)56-36-43-47(54)48(58-45(53)29-17-13-9-7-11-15-23-38-31-33-40-25-19-21-27-42(40)35-38)46(49(55)57-43)51-44(52)28-16-12-8-6-10-14-22-37-30-32-39-24-18-20-26-41(39)34-37/h18-21,24-27,30-35,43,46-49,54-55H,6-17,22-23,28-29,36H2,1-5H3,(H,51,52)/t43-,46+,47-,48-,49+/m1/s1. The minimum atomic E-state index is -2.20. The number of fused-ring (bicyclic) bond motifs is 2. The zero-order chi connectivity index (χ0) is 42.3. The SMILES string of the molecule is CC(C)(C)[Si](C)(C)OC[C@H]1O[C@H](O)[C@@H](NC(=O)CCCCCCCCc2ccc3ccccc3c2)[C@@H](OC(=O)CCCCCCCCc2ccc3ccccc3c2)[C@@H]1O. The summed E-state index contributed by atoms with van der Waals surface area (Å²) in [6, 6.07) is 29.2. The topological polar surface area (TPSA) is 114 Å². The van der Waals surface area contributed by atoms with Crippen molar-refractivity contribution in [2.75, 3.05) is 6.61 Å². The van der Waals surface area contributed by atoms with Gasteiger partial charge in [0.05, 0.1) is 6.61 Å². The van der Waals surface area contributed by atoms with E-state index in [0.717, 1.165) is 77.0 Å². The summed E-state index contributed by atoms with van der Waals surface area (Å²) in [7, 11) is -2.20. The first-order chi connectivity index (χ1) is 28.3. The molecule has 1 fully saturated rings. The summed E-state index contributed by atoms with van der Waals surface area (Å²) in [5.41, 5.74) is 2.73. The highest BCUT2D eigenvalue weighted by Crippen LogP contribution is 2.37. The van der Waals surface area contributed by atoms with Crippen LogP contribution in [0.2, 0.25) is 18.1 Å². The predicted molar refractivity (Wildman–Crippen MR) is 242 cm³/mol. The Balaban J connectivity index is 1.02. The molecule has 4 aromatic carbocycles. The van der Waals surface area contributed by atoms with Gasteiger partial charge in [0, 0.05) is 12.8 Å². The Hall–Kier alpha value is -3.60. The number of carbonyl (C=O) groups excluding carboxylic acids is 2. The molecule has 0 bridgehead atoms. The Kier molecular flexibility index (Phi) is 18.0. The third-order valence-corrected chi connectivity index (χ3v) is 17.0. The molecule has 1 saturated heterocycles. The number of benzene rings is 4. The number of aliphatic hydroxyl groups is 2. The summed E-state index contributed by atoms with van der Waals surface area (Å²) in [5.74, 6) is -0.720. The Morgan fingerprint density at radius 1 is 0.661 bits per heavy atom. The number of nitrogens with one attached hydrogen (secondary N) is 1. The average Bonchev–Trinajstić information content (AvgIpc) is 3.21. The van der Waals surface area contributed by atoms with Gasteiger partial charge in [0.1, 0.15) is 18.2 Å². The number of amides is 1. The molecule has 8 nitrogen and oxygen atoms in total. The van der Waals surface area contributed by atoms with Gasteiger partial charge in [-0.1, -0.05) is 157 Å². The predicted octanol–water partition coefficient (Wildman–Crippen LogP) is 10.7. The monoisotopic (exact) mass is 825 g/mol. The van der Waals surface area contributed by atoms with E-state index < -0.39 is 44.9 Å². The molecule has 3 N–H and O–H groups in total. The highest BCUT2D eigenvalue weighted by atomic mass is 28.4. The van der Waals surface area contributed by atoms with Crippen LogP contribution in [0, 0.1) is 0 Å². The van der Waals surface area contributed by atoms with E-state index in [0.29, 0.717) is 12.8 Å². The fraction of sp³-hybridized carbons (Fsp3) is 0.560. The first kappa shape index (κ1) is 46.5. The van der Waals surface area contributed by atoms with Gasteiger partial charge in [0.25, 0.3) is 0 Å². The average molecular weight is 826 g/mol. The molecule has 1 amide bonds. The van der Waals surface area contributed by atoms with Crippen molar-refractivity contribution in [2.24, 2.45) is 0 Å². The maximum Gasteiger partial charge on any atom is 0.306 e. The Bertz CT molecular complexity index is 1910. The van der Waals surface area contributed by atoms with E-state index in [-0.39, 0.29) is 30.4 Å². The van der Waals surface area contributed by atoms with Crippen LogP contribution >= 0.6 is 0 Å². The number of hydrogen-bond acceptors (Lipinski definition) is 7. The van der Waals surface area contributed by atoms with E-state index in [4.69, 9.17) is 13.9 Å². The molecule has 0 saturated carbocycles. The summed E-state index contributed by atoms with van der Waals surface area (Å²) in [4.78, 5) is 26.4. The van der Waals surface area contributed by atoms with Crippen molar-refractivity contribution in [3.8, 4) is 0 Å². The lowest BCUT2D eigenvalue weighted by Gasteiger charge is -2.44. The summed E-state index contributed by atoms with van der Waals surface area (Å²) < 4.78 is 18.1. The Labute approximate surface area is 354 Å². The number of aliphatic hydroxyl groups excluding tert-OH is 2. The molecule has 1 aliphatic heterocycles. The van der Waals surface area contributed by atoms with Crippen LogP contribution in [-0.2, 0) is 36.3 Å². The van der Waals surface area contributed by atoms with E-state index in [2.05, 4.69) is 124 Å². The zero-order valence-electron chi connectivity index (χ0n) is 36.4. The molecule has 0 aliphatic carbocycles. The maximum atomic E-state index is 13.2. The van der Waals surface area contributed by atoms with E-state index in [1.807, 2.05) is 0 Å². The Morgan fingerprint density at radius 3 is 1.66 bits per heavy atom. The number of hydrogen-bond donors (Lipinski definition) is 3. The van der Waals surface area contributed by atoms with Crippen LogP contribution in [-0.4, -0.2) is 67.7 Å². The van der Waals surface area contributed by atoms with Crippen molar-refractivity contribution in [2.45, 2.75) is 172 Å². The lowest BCUT2D eigenvalue weighted by atomic mass is 9.96. The number of esters is 1. The van der Waals surface area contributed by atoms with Crippen molar-refractivity contribution in [1.29, 1.82) is 0 Å². The first-order valence-electron chi connectivity index (χ1n) is 22.4. The van der Waals surface area contributed by atoms with Gasteiger partial charge in [-0.3, -0.25) is 9.59 Å². The maximum absolute atomic E-state index is 13.2. The van der Waals surface area contributed by atoms with Crippen molar-refractivity contribution >= 4 is 41.7 Å². The molecule has 1 heterocycles. The molecule has 1 aliphatic rings. The molecule has 59 heavy (non-hydrogen) atoms. The summed E-state index contributed by atoms with van der Waals surface area (Å²) in [6.45, 7) is 10.6. The van der Waals surface area contributed by atoms with Crippen LogP contribution in [0.1, 0.15) is 122 Å². The van der Waals surface area contributed by atoms with Gasteiger partial charge >= 0.3 is 5.97 Å². The lowest BCUT2D eigenvalue weighted by molar-refractivity contribution is -0.258. The van der Waals surface area contributed by atoms with Gasteiger partial charge < -0.3 is 29.4 Å². The number of carbonyl (C=O) groups is 2. The number of aryl methyl sites for hydroxylation is 2. The van der Waals surface area contributed by atoms with Crippen LogP contribution in [0.15, 0.2) is 84.9 Å². The molecule has 322 valence electrons. The summed E-state index contributed by atoms with van der Waals surface area (Å²) in [5, 5.41) is 30.6.